The van der Waals surface area contributed by atoms with Crippen molar-refractivity contribution in [3.63, 3.8) is 0 Å². The second-order valence-corrected chi connectivity index (χ2v) is 9.73. The van der Waals surface area contributed by atoms with Gasteiger partial charge in [-0.1, -0.05) is 20.8 Å². The van der Waals surface area contributed by atoms with E-state index in [1.165, 1.54) is 4.90 Å². The Morgan fingerprint density at radius 3 is 2.55 bits per heavy atom. The number of cyclic esters (lactones) is 1. The van der Waals surface area contributed by atoms with Crippen molar-refractivity contribution in [3.8, 4) is 0 Å². The van der Waals surface area contributed by atoms with E-state index < -0.39 is 47.6 Å². The summed E-state index contributed by atoms with van der Waals surface area (Å²) < 4.78 is 4.66. The molecule has 2 aliphatic rings. The van der Waals surface area contributed by atoms with Crippen LogP contribution in [0.25, 0.3) is 0 Å². The highest BCUT2D eigenvalue weighted by atomic mass is 16.6. The maximum absolute atomic E-state index is 13.5. The third-order valence-corrected chi connectivity index (χ3v) is 6.07. The van der Waals surface area contributed by atoms with E-state index in [2.05, 4.69) is 15.4 Å². The molecule has 0 aromatic heterocycles. The summed E-state index contributed by atoms with van der Waals surface area (Å²) in [6.45, 7) is 7.68. The van der Waals surface area contributed by atoms with Crippen LogP contribution in [0, 0.1) is 12.3 Å². The summed E-state index contributed by atoms with van der Waals surface area (Å²) in [6, 6.07) is 2.42. The third kappa shape index (κ3) is 5.44. The van der Waals surface area contributed by atoms with E-state index in [1.807, 2.05) is 20.8 Å². The Labute approximate surface area is 192 Å². The van der Waals surface area contributed by atoms with Gasteiger partial charge >= 0.3 is 5.97 Å². The summed E-state index contributed by atoms with van der Waals surface area (Å²) in [7, 11) is 0. The third-order valence-electron chi connectivity index (χ3n) is 6.07. The molecule has 5 N–H and O–H groups in total. The Hall–Kier alpha value is -3.14. The van der Waals surface area contributed by atoms with Gasteiger partial charge in [0.25, 0.3) is 5.91 Å². The van der Waals surface area contributed by atoms with Gasteiger partial charge in [0.05, 0.1) is 6.42 Å². The molecule has 0 aliphatic carbocycles. The molecule has 0 bridgehead atoms. The Kier molecular flexibility index (Phi) is 6.97. The lowest BCUT2D eigenvalue weighted by Crippen LogP contribution is -2.58. The fourth-order valence-corrected chi connectivity index (χ4v) is 4.10. The van der Waals surface area contributed by atoms with Gasteiger partial charge < -0.3 is 31.1 Å². The lowest BCUT2D eigenvalue weighted by Gasteiger charge is -2.35. The molecular weight excluding hydrogens is 428 g/mol. The minimum atomic E-state index is -1.41. The van der Waals surface area contributed by atoms with Gasteiger partial charge in [0.15, 0.2) is 0 Å². The largest absolute Gasteiger partial charge is 0.434 e. The number of aliphatic hydroxyl groups excluding tert-OH is 1. The number of nitrogens with zero attached hydrogens (tertiary/aromatic N) is 1. The predicted molar refractivity (Wildman–Crippen MR) is 120 cm³/mol. The summed E-state index contributed by atoms with van der Waals surface area (Å²) in [6.07, 6.45) is -0.474. The molecular formula is C23H32N4O6. The first-order chi connectivity index (χ1) is 15.4. The number of anilines is 1. The van der Waals surface area contributed by atoms with Gasteiger partial charge in [-0.25, -0.2) is 0 Å². The molecule has 180 valence electrons. The summed E-state index contributed by atoms with van der Waals surface area (Å²) in [5.41, 5.74) is 6.93. The molecule has 2 fully saturated rings. The molecule has 0 spiro atoms. The van der Waals surface area contributed by atoms with Crippen LogP contribution in [0.1, 0.15) is 56.0 Å². The SMILES string of the molecule is Cc1cc(C(=O)NC(C(=O)N2CCCC2C(=O)NC2CC(=O)OC2O)C(C)(C)C)ccc1N. The first kappa shape index (κ1) is 24.5. The number of nitrogen functional groups attached to an aromatic ring is 1. The Bertz CT molecular complexity index is 957. The quantitative estimate of drug-likeness (QED) is 0.368. The number of carbonyl (C=O) groups is 4. The lowest BCUT2D eigenvalue weighted by molar-refractivity contribution is -0.155. The smallest absolute Gasteiger partial charge is 0.310 e. The lowest BCUT2D eigenvalue weighted by atomic mass is 9.85. The fourth-order valence-electron chi connectivity index (χ4n) is 4.10. The topological polar surface area (TPSA) is 151 Å². The van der Waals surface area contributed by atoms with Crippen molar-refractivity contribution in [2.24, 2.45) is 5.41 Å². The van der Waals surface area contributed by atoms with Crippen molar-refractivity contribution in [2.45, 2.75) is 71.4 Å². The highest BCUT2D eigenvalue weighted by Crippen LogP contribution is 2.27. The van der Waals surface area contributed by atoms with Crippen LogP contribution in [0.2, 0.25) is 0 Å². The van der Waals surface area contributed by atoms with Crippen LogP contribution in [0.3, 0.4) is 0 Å². The zero-order valence-electron chi connectivity index (χ0n) is 19.4. The number of likely N-dealkylation sites (tertiary alicyclic amines) is 1. The number of benzene rings is 1. The van der Waals surface area contributed by atoms with Crippen molar-refractivity contribution < 1.29 is 29.0 Å². The number of hydrogen-bond donors (Lipinski definition) is 4. The molecule has 2 heterocycles. The number of nitrogens with two attached hydrogens (primary N) is 1. The maximum atomic E-state index is 13.5. The van der Waals surface area contributed by atoms with Crippen LogP contribution in [-0.4, -0.2) is 64.7 Å². The molecule has 10 nitrogen and oxygen atoms in total. The fraction of sp³-hybridized carbons (Fsp3) is 0.565. The minimum Gasteiger partial charge on any atom is -0.434 e. The second kappa shape index (κ2) is 9.38. The molecule has 10 heteroatoms. The minimum absolute atomic E-state index is 0.130. The zero-order chi connectivity index (χ0) is 24.5. The van der Waals surface area contributed by atoms with Crippen LogP contribution < -0.4 is 16.4 Å². The van der Waals surface area contributed by atoms with Gasteiger partial charge in [-0.2, -0.15) is 0 Å². The second-order valence-electron chi connectivity index (χ2n) is 9.73. The van der Waals surface area contributed by atoms with E-state index >= 15 is 0 Å². The molecule has 0 saturated carbocycles. The maximum Gasteiger partial charge on any atom is 0.310 e. The number of hydrogen-bond acceptors (Lipinski definition) is 7. The molecule has 4 atom stereocenters. The summed E-state index contributed by atoms with van der Waals surface area (Å²) in [5, 5.41) is 15.2. The number of ether oxygens (including phenoxy) is 1. The van der Waals surface area contributed by atoms with Crippen molar-refractivity contribution in [3.05, 3.63) is 29.3 Å². The molecule has 4 unspecified atom stereocenters. The van der Waals surface area contributed by atoms with Crippen LogP contribution >= 0.6 is 0 Å². The van der Waals surface area contributed by atoms with Crippen molar-refractivity contribution >= 4 is 29.4 Å². The zero-order valence-corrected chi connectivity index (χ0v) is 19.4. The molecule has 0 radical (unpaired) electrons. The number of esters is 1. The van der Waals surface area contributed by atoms with E-state index in [4.69, 9.17) is 5.73 Å². The Morgan fingerprint density at radius 1 is 1.27 bits per heavy atom. The van der Waals surface area contributed by atoms with Gasteiger partial charge in [-0.3, -0.25) is 19.2 Å². The molecule has 1 aromatic rings. The highest BCUT2D eigenvalue weighted by molar-refractivity contribution is 5.99. The van der Waals surface area contributed by atoms with E-state index in [9.17, 15) is 24.3 Å². The van der Waals surface area contributed by atoms with Crippen LogP contribution in [0.15, 0.2) is 18.2 Å². The Balaban J connectivity index is 1.75. The van der Waals surface area contributed by atoms with Gasteiger partial charge in [0.1, 0.15) is 18.1 Å². The van der Waals surface area contributed by atoms with Gasteiger partial charge in [-0.05, 0) is 48.9 Å². The molecule has 2 saturated heterocycles. The number of aryl methyl sites for hydroxylation is 1. The van der Waals surface area contributed by atoms with Gasteiger partial charge in [0, 0.05) is 17.8 Å². The Morgan fingerprint density at radius 2 is 1.97 bits per heavy atom. The number of amides is 3. The molecule has 3 rings (SSSR count). The molecule has 2 aliphatic heterocycles. The number of aliphatic hydroxyl groups is 1. The molecule has 3 amide bonds. The van der Waals surface area contributed by atoms with E-state index in [0.717, 1.165) is 5.56 Å². The monoisotopic (exact) mass is 460 g/mol. The first-order valence-electron chi connectivity index (χ1n) is 11.0. The van der Waals surface area contributed by atoms with Crippen LogP contribution in [0.5, 0.6) is 0 Å². The number of carbonyl (C=O) groups excluding carboxylic acids is 4. The van der Waals surface area contributed by atoms with Crippen LogP contribution in [-0.2, 0) is 19.1 Å². The van der Waals surface area contributed by atoms with Crippen LogP contribution in [0.4, 0.5) is 5.69 Å². The summed E-state index contributed by atoms with van der Waals surface area (Å²) >= 11 is 0. The standard InChI is InChI=1S/C23H32N4O6/c1-12-10-13(7-8-14(12)24)19(29)26-18(23(2,3)4)21(31)27-9-5-6-16(27)20(30)25-15-11-17(28)33-22(15)32/h7-8,10,15-16,18,22,32H,5-6,9,11,24H2,1-4H3,(H,25,30)(H,26,29). The summed E-state index contributed by atoms with van der Waals surface area (Å²) in [4.78, 5) is 52.1. The number of nitrogens with one attached hydrogen (secondary N) is 2. The predicted octanol–water partition coefficient (Wildman–Crippen LogP) is 0.463. The van der Waals surface area contributed by atoms with E-state index in [1.54, 1.807) is 25.1 Å². The van der Waals surface area contributed by atoms with Crippen molar-refractivity contribution in [1.29, 1.82) is 0 Å². The summed E-state index contributed by atoms with van der Waals surface area (Å²) in [5.74, 6) is -1.83. The van der Waals surface area contributed by atoms with Crippen molar-refractivity contribution in [2.75, 3.05) is 12.3 Å². The van der Waals surface area contributed by atoms with E-state index in [0.29, 0.717) is 30.6 Å². The average molecular weight is 461 g/mol. The first-order valence-corrected chi connectivity index (χ1v) is 11.0. The highest BCUT2D eigenvalue weighted by Gasteiger charge is 2.43. The normalized spacial score (nSPS) is 23.7. The van der Waals surface area contributed by atoms with Crippen molar-refractivity contribution in [1.82, 2.24) is 15.5 Å². The average Bonchev–Trinajstić information content (AvgIpc) is 3.33. The van der Waals surface area contributed by atoms with E-state index in [-0.39, 0.29) is 12.3 Å². The number of rotatable bonds is 5. The van der Waals surface area contributed by atoms with Gasteiger partial charge in [0.2, 0.25) is 18.1 Å². The van der Waals surface area contributed by atoms with Gasteiger partial charge in [-0.15, -0.1) is 0 Å². The molecule has 1 aromatic carbocycles. The molecule has 33 heavy (non-hydrogen) atoms.